The van der Waals surface area contributed by atoms with Crippen molar-refractivity contribution in [2.75, 3.05) is 0 Å². The van der Waals surface area contributed by atoms with Crippen LogP contribution in [0.25, 0.3) is 0 Å². The van der Waals surface area contributed by atoms with Crippen molar-refractivity contribution in [3.63, 3.8) is 0 Å². The van der Waals surface area contributed by atoms with Gasteiger partial charge < -0.3 is 14.7 Å². The summed E-state index contributed by atoms with van der Waals surface area (Å²) in [7, 11) is 0. The van der Waals surface area contributed by atoms with Crippen molar-refractivity contribution in [3.8, 4) is 0 Å². The van der Waals surface area contributed by atoms with E-state index in [9.17, 15) is 14.3 Å². The van der Waals surface area contributed by atoms with E-state index in [0.29, 0.717) is 11.3 Å². The third-order valence-corrected chi connectivity index (χ3v) is 2.52. The molecule has 1 aliphatic heterocycles. The Morgan fingerprint density at radius 2 is 2.06 bits per heavy atom. The second-order valence-corrected chi connectivity index (χ2v) is 3.62. The molecule has 1 aliphatic rings. The average molecular weight is 222 g/mol. The first-order chi connectivity index (χ1) is 7.59. The second-order valence-electron chi connectivity index (χ2n) is 3.62. The molecule has 1 aromatic rings. The topological polar surface area (TPSA) is 61.7 Å². The quantitative estimate of drug-likeness (QED) is 0.723. The van der Waals surface area contributed by atoms with Gasteiger partial charge in [-0.25, -0.2) is 4.39 Å². The summed E-state index contributed by atoms with van der Waals surface area (Å²) in [5.74, 6) is -2.06. The van der Waals surface area contributed by atoms with E-state index in [2.05, 4.69) is 5.16 Å². The van der Waals surface area contributed by atoms with Crippen molar-refractivity contribution in [1.82, 2.24) is 0 Å². The van der Waals surface area contributed by atoms with Gasteiger partial charge in [-0.2, -0.15) is 0 Å². The van der Waals surface area contributed by atoms with Crippen LogP contribution in [0.4, 0.5) is 4.39 Å². The molecule has 84 valence electrons. The molecule has 0 amide bonds. The lowest BCUT2D eigenvalue weighted by atomic mass is 9.94. The molecule has 0 N–H and O–H groups in total. The molecule has 1 aromatic carbocycles. The third-order valence-electron chi connectivity index (χ3n) is 2.52. The monoisotopic (exact) mass is 222 g/mol. The fourth-order valence-corrected chi connectivity index (χ4v) is 1.61. The first-order valence-corrected chi connectivity index (χ1v) is 4.80. The Hall–Kier alpha value is -1.91. The normalized spacial score (nSPS) is 23.8. The lowest BCUT2D eigenvalue weighted by molar-refractivity contribution is -0.317. The van der Waals surface area contributed by atoms with Crippen LogP contribution in [0.3, 0.4) is 0 Å². The van der Waals surface area contributed by atoms with Crippen LogP contribution in [0.5, 0.6) is 0 Å². The second kappa shape index (κ2) is 3.92. The summed E-state index contributed by atoms with van der Waals surface area (Å²) in [5.41, 5.74) is 1.15. The molecule has 16 heavy (non-hydrogen) atoms. The van der Waals surface area contributed by atoms with E-state index < -0.39 is 18.0 Å². The predicted molar refractivity (Wildman–Crippen MR) is 52.0 cm³/mol. The molecule has 5 heteroatoms. The number of nitrogens with zero attached hydrogens (tertiary/aromatic N) is 1. The largest absolute Gasteiger partial charge is 0.546 e. The highest BCUT2D eigenvalue weighted by molar-refractivity contribution is 6.04. The first kappa shape index (κ1) is 10.6. The molecule has 0 unspecified atom stereocenters. The molecule has 0 fully saturated rings. The molecule has 0 saturated heterocycles. The number of aliphatic carboxylic acids is 1. The lowest BCUT2D eigenvalue weighted by Gasteiger charge is -2.14. The summed E-state index contributed by atoms with van der Waals surface area (Å²) < 4.78 is 12.7. The number of hydrogen-bond donors (Lipinski definition) is 0. The van der Waals surface area contributed by atoms with Crippen molar-refractivity contribution in [2.24, 2.45) is 11.1 Å². The van der Waals surface area contributed by atoms with Gasteiger partial charge in [-0.15, -0.1) is 0 Å². The predicted octanol–water partition coefficient (Wildman–Crippen LogP) is 0.315. The molecule has 2 atom stereocenters. The average Bonchev–Trinajstić information content (AvgIpc) is 2.61. The SMILES string of the molecule is C[C@@H]1C(c2ccc(F)cc2)=NO[C@H]1C(=O)[O-]. The highest BCUT2D eigenvalue weighted by Gasteiger charge is 2.32. The summed E-state index contributed by atoms with van der Waals surface area (Å²) in [6.45, 7) is 1.68. The molecule has 1 heterocycles. The number of carbonyl (C=O) groups excluding carboxylic acids is 1. The number of hydrogen-bond acceptors (Lipinski definition) is 4. The minimum absolute atomic E-state index is 0.354. The van der Waals surface area contributed by atoms with Crippen molar-refractivity contribution in [3.05, 3.63) is 35.6 Å². The fraction of sp³-hybridized carbons (Fsp3) is 0.273. The number of carboxylic acids is 1. The molecule has 0 radical (unpaired) electrons. The Bertz CT molecular complexity index is 441. The van der Waals surface area contributed by atoms with E-state index in [1.165, 1.54) is 24.3 Å². The third kappa shape index (κ3) is 1.76. The first-order valence-electron chi connectivity index (χ1n) is 4.80. The standard InChI is InChI=1S/C11H10FNO3/c1-6-9(13-16-10(6)11(14)15)7-2-4-8(12)5-3-7/h2-6,10H,1H3,(H,14,15)/p-1/t6-,10-/m1/s1. The maximum atomic E-state index is 12.7. The molecule has 0 saturated carbocycles. The number of carboxylic acid groups (broad SMARTS) is 1. The van der Waals surface area contributed by atoms with Gasteiger partial charge in [-0.3, -0.25) is 0 Å². The van der Waals surface area contributed by atoms with Crippen LogP contribution < -0.4 is 5.11 Å². The van der Waals surface area contributed by atoms with Gasteiger partial charge in [-0.1, -0.05) is 24.2 Å². The van der Waals surface area contributed by atoms with Crippen LogP contribution in [-0.4, -0.2) is 17.8 Å². The van der Waals surface area contributed by atoms with Crippen molar-refractivity contribution < 1.29 is 19.1 Å². The summed E-state index contributed by atoms with van der Waals surface area (Å²) in [5, 5.41) is 14.4. The number of benzene rings is 1. The maximum absolute atomic E-state index is 12.7. The van der Waals surface area contributed by atoms with E-state index in [1.807, 2.05) is 0 Å². The highest BCUT2D eigenvalue weighted by atomic mass is 19.1. The smallest absolute Gasteiger partial charge is 0.174 e. The number of rotatable bonds is 2. The van der Waals surface area contributed by atoms with Crippen LogP contribution in [0.1, 0.15) is 12.5 Å². The number of halogens is 1. The zero-order valence-electron chi connectivity index (χ0n) is 8.51. The number of carbonyl (C=O) groups is 1. The van der Waals surface area contributed by atoms with E-state index >= 15 is 0 Å². The minimum Gasteiger partial charge on any atom is -0.546 e. The molecule has 2 rings (SSSR count). The van der Waals surface area contributed by atoms with Gasteiger partial charge in [0.25, 0.3) is 0 Å². The molecule has 0 spiro atoms. The van der Waals surface area contributed by atoms with E-state index in [0.717, 1.165) is 0 Å². The summed E-state index contributed by atoms with van der Waals surface area (Å²) in [4.78, 5) is 15.4. The summed E-state index contributed by atoms with van der Waals surface area (Å²) in [6.07, 6.45) is -1.07. The summed E-state index contributed by atoms with van der Waals surface area (Å²) >= 11 is 0. The minimum atomic E-state index is -1.30. The van der Waals surface area contributed by atoms with E-state index in [1.54, 1.807) is 6.92 Å². The van der Waals surface area contributed by atoms with Gasteiger partial charge in [0.15, 0.2) is 6.10 Å². The van der Waals surface area contributed by atoms with Crippen LogP contribution in [0.15, 0.2) is 29.4 Å². The molecular weight excluding hydrogens is 213 g/mol. The van der Waals surface area contributed by atoms with Crippen LogP contribution >= 0.6 is 0 Å². The van der Waals surface area contributed by atoms with Crippen LogP contribution in [0, 0.1) is 11.7 Å². The Morgan fingerprint density at radius 3 is 2.56 bits per heavy atom. The van der Waals surface area contributed by atoms with Gasteiger partial charge >= 0.3 is 0 Å². The molecule has 0 bridgehead atoms. The van der Waals surface area contributed by atoms with Gasteiger partial charge in [0.2, 0.25) is 0 Å². The Morgan fingerprint density at radius 1 is 1.44 bits per heavy atom. The highest BCUT2D eigenvalue weighted by Crippen LogP contribution is 2.22. The summed E-state index contributed by atoms with van der Waals surface area (Å²) in [6, 6.07) is 5.64. The van der Waals surface area contributed by atoms with Gasteiger partial charge in [-0.05, 0) is 17.7 Å². The molecule has 4 nitrogen and oxygen atoms in total. The lowest BCUT2D eigenvalue weighted by Crippen LogP contribution is -2.40. The van der Waals surface area contributed by atoms with Crippen molar-refractivity contribution in [2.45, 2.75) is 13.0 Å². The number of oxime groups is 1. The van der Waals surface area contributed by atoms with E-state index in [-0.39, 0.29) is 5.82 Å². The van der Waals surface area contributed by atoms with Gasteiger partial charge in [0.05, 0.1) is 11.7 Å². The molecular formula is C11H9FNO3-. The van der Waals surface area contributed by atoms with Crippen LogP contribution in [0.2, 0.25) is 0 Å². The molecule has 0 aromatic heterocycles. The van der Waals surface area contributed by atoms with Crippen molar-refractivity contribution >= 4 is 11.7 Å². The zero-order chi connectivity index (χ0) is 11.7. The van der Waals surface area contributed by atoms with Gasteiger partial charge in [0, 0.05) is 5.92 Å². The maximum Gasteiger partial charge on any atom is 0.174 e. The fourth-order valence-electron chi connectivity index (χ4n) is 1.61. The van der Waals surface area contributed by atoms with Gasteiger partial charge in [0.1, 0.15) is 5.82 Å². The Kier molecular flexibility index (Phi) is 2.60. The van der Waals surface area contributed by atoms with E-state index in [4.69, 9.17) is 4.84 Å². The molecule has 0 aliphatic carbocycles. The zero-order valence-corrected chi connectivity index (χ0v) is 8.51. The Balaban J connectivity index is 2.24. The van der Waals surface area contributed by atoms with Crippen LogP contribution in [-0.2, 0) is 9.63 Å². The van der Waals surface area contributed by atoms with Crippen molar-refractivity contribution in [1.29, 1.82) is 0 Å². The Labute approximate surface area is 91.3 Å².